The van der Waals surface area contributed by atoms with Crippen molar-refractivity contribution in [2.24, 2.45) is 5.92 Å². The van der Waals surface area contributed by atoms with Crippen molar-refractivity contribution in [1.29, 1.82) is 0 Å². The molecule has 1 aliphatic carbocycles. The minimum absolute atomic E-state index is 0.558. The van der Waals surface area contributed by atoms with E-state index in [4.69, 9.17) is 0 Å². The van der Waals surface area contributed by atoms with E-state index in [1.807, 2.05) is 0 Å². The van der Waals surface area contributed by atoms with E-state index < -0.39 is 0 Å². The summed E-state index contributed by atoms with van der Waals surface area (Å²) in [5.74, 6) is 1.56. The topological polar surface area (TPSA) is 24.9 Å². The fourth-order valence-corrected chi connectivity index (χ4v) is 2.72. The quantitative estimate of drug-likeness (QED) is 0.820. The van der Waals surface area contributed by atoms with Crippen LogP contribution in [-0.2, 0) is 6.54 Å². The van der Waals surface area contributed by atoms with Gasteiger partial charge in [0.15, 0.2) is 0 Å². The number of nitrogens with one attached hydrogen (secondary N) is 1. The lowest BCUT2D eigenvalue weighted by Crippen LogP contribution is -2.26. The molecule has 0 aliphatic heterocycles. The first-order valence-electron chi connectivity index (χ1n) is 6.33. The van der Waals surface area contributed by atoms with Crippen LogP contribution in [-0.4, -0.2) is 11.0 Å². The summed E-state index contributed by atoms with van der Waals surface area (Å²) < 4.78 is 0. The van der Waals surface area contributed by atoms with Crippen LogP contribution in [0.3, 0.4) is 0 Å². The third-order valence-corrected chi connectivity index (χ3v) is 4.27. The number of thiazole rings is 1. The van der Waals surface area contributed by atoms with Gasteiger partial charge in [0.25, 0.3) is 0 Å². The SMILES string of the molecule is CC(CC1CC1)NCc1csc(C(C)C)n1. The first-order chi connectivity index (χ1) is 7.65. The molecule has 1 atom stereocenters. The minimum atomic E-state index is 0.558. The van der Waals surface area contributed by atoms with Gasteiger partial charge in [-0.25, -0.2) is 4.98 Å². The molecule has 1 fully saturated rings. The van der Waals surface area contributed by atoms with E-state index in [2.05, 4.69) is 36.5 Å². The van der Waals surface area contributed by atoms with Gasteiger partial charge in [0, 0.05) is 23.9 Å². The van der Waals surface area contributed by atoms with Crippen molar-refractivity contribution in [3.63, 3.8) is 0 Å². The predicted octanol–water partition coefficient (Wildman–Crippen LogP) is 3.54. The van der Waals surface area contributed by atoms with E-state index in [9.17, 15) is 0 Å². The maximum atomic E-state index is 4.63. The Morgan fingerprint density at radius 1 is 1.44 bits per heavy atom. The molecule has 0 radical (unpaired) electrons. The van der Waals surface area contributed by atoms with Gasteiger partial charge in [-0.05, 0) is 19.3 Å². The van der Waals surface area contributed by atoms with Gasteiger partial charge in [0.1, 0.15) is 0 Å². The van der Waals surface area contributed by atoms with Crippen molar-refractivity contribution in [3.05, 3.63) is 16.1 Å². The van der Waals surface area contributed by atoms with Crippen LogP contribution in [0.2, 0.25) is 0 Å². The maximum absolute atomic E-state index is 4.63. The molecule has 1 aromatic rings. The van der Waals surface area contributed by atoms with Gasteiger partial charge in [-0.15, -0.1) is 11.3 Å². The zero-order valence-electron chi connectivity index (χ0n) is 10.5. The molecule has 1 unspecified atom stereocenters. The zero-order chi connectivity index (χ0) is 11.5. The number of aromatic nitrogens is 1. The molecular formula is C13H22N2S. The van der Waals surface area contributed by atoms with Crippen LogP contribution in [0.5, 0.6) is 0 Å². The molecule has 3 heteroatoms. The Labute approximate surface area is 102 Å². The van der Waals surface area contributed by atoms with E-state index >= 15 is 0 Å². The van der Waals surface area contributed by atoms with Gasteiger partial charge in [-0.2, -0.15) is 0 Å². The van der Waals surface area contributed by atoms with Gasteiger partial charge in [-0.1, -0.05) is 26.7 Å². The molecule has 0 aromatic carbocycles. The van der Waals surface area contributed by atoms with Crippen molar-refractivity contribution >= 4 is 11.3 Å². The Morgan fingerprint density at radius 3 is 2.75 bits per heavy atom. The molecule has 0 bridgehead atoms. The standard InChI is InChI=1S/C13H22N2S/c1-9(2)13-15-12(8-16-13)7-14-10(3)6-11-4-5-11/h8-11,14H,4-7H2,1-3H3. The van der Waals surface area contributed by atoms with Crippen molar-refractivity contribution in [2.75, 3.05) is 0 Å². The number of hydrogen-bond acceptors (Lipinski definition) is 3. The predicted molar refractivity (Wildman–Crippen MR) is 69.8 cm³/mol. The normalized spacial score (nSPS) is 18.0. The van der Waals surface area contributed by atoms with Gasteiger partial charge in [0.05, 0.1) is 10.7 Å². The molecule has 0 amide bonds. The van der Waals surface area contributed by atoms with E-state index in [0.717, 1.165) is 12.5 Å². The summed E-state index contributed by atoms with van der Waals surface area (Å²) in [5.41, 5.74) is 1.20. The van der Waals surface area contributed by atoms with Crippen molar-refractivity contribution in [1.82, 2.24) is 10.3 Å². The van der Waals surface area contributed by atoms with E-state index in [0.29, 0.717) is 12.0 Å². The highest BCUT2D eigenvalue weighted by Crippen LogP contribution is 2.33. The first kappa shape index (κ1) is 12.1. The van der Waals surface area contributed by atoms with Gasteiger partial charge < -0.3 is 5.32 Å². The molecular weight excluding hydrogens is 216 g/mol. The molecule has 16 heavy (non-hydrogen) atoms. The zero-order valence-corrected chi connectivity index (χ0v) is 11.3. The fraction of sp³-hybridized carbons (Fsp3) is 0.769. The van der Waals surface area contributed by atoms with Crippen LogP contribution in [0, 0.1) is 5.92 Å². The number of hydrogen-bond donors (Lipinski definition) is 1. The van der Waals surface area contributed by atoms with Crippen LogP contribution in [0.4, 0.5) is 0 Å². The lowest BCUT2D eigenvalue weighted by atomic mass is 10.1. The second-order valence-electron chi connectivity index (χ2n) is 5.29. The van der Waals surface area contributed by atoms with E-state index in [-0.39, 0.29) is 0 Å². The Balaban J connectivity index is 1.74. The lowest BCUT2D eigenvalue weighted by molar-refractivity contribution is 0.484. The number of rotatable bonds is 6. The third-order valence-electron chi connectivity index (χ3n) is 3.08. The second kappa shape index (κ2) is 5.28. The minimum Gasteiger partial charge on any atom is -0.309 e. The summed E-state index contributed by atoms with van der Waals surface area (Å²) in [6.07, 6.45) is 4.22. The number of nitrogens with zero attached hydrogens (tertiary/aromatic N) is 1. The molecule has 0 saturated heterocycles. The average molecular weight is 238 g/mol. The summed E-state index contributed by atoms with van der Waals surface area (Å²) in [7, 11) is 0. The van der Waals surface area contributed by atoms with Gasteiger partial charge >= 0.3 is 0 Å². The van der Waals surface area contributed by atoms with E-state index in [1.54, 1.807) is 11.3 Å². The van der Waals surface area contributed by atoms with E-state index in [1.165, 1.54) is 30.0 Å². The van der Waals surface area contributed by atoms with Gasteiger partial charge in [0.2, 0.25) is 0 Å². The summed E-state index contributed by atoms with van der Waals surface area (Å²) in [5, 5.41) is 7.01. The molecule has 0 spiro atoms. The lowest BCUT2D eigenvalue weighted by Gasteiger charge is -2.11. The Kier molecular flexibility index (Phi) is 3.98. The van der Waals surface area contributed by atoms with Crippen LogP contribution in [0.25, 0.3) is 0 Å². The average Bonchev–Trinajstić information content (AvgIpc) is 2.91. The van der Waals surface area contributed by atoms with Crippen LogP contribution in [0.1, 0.15) is 56.7 Å². The molecule has 1 saturated carbocycles. The third kappa shape index (κ3) is 3.56. The molecule has 2 rings (SSSR count). The highest BCUT2D eigenvalue weighted by molar-refractivity contribution is 7.09. The van der Waals surface area contributed by atoms with Crippen LogP contribution in [0.15, 0.2) is 5.38 Å². The summed E-state index contributed by atoms with van der Waals surface area (Å²) in [6.45, 7) is 7.61. The monoisotopic (exact) mass is 238 g/mol. The molecule has 1 aromatic heterocycles. The summed E-state index contributed by atoms with van der Waals surface area (Å²) in [4.78, 5) is 4.63. The fourth-order valence-electron chi connectivity index (χ4n) is 1.88. The molecule has 90 valence electrons. The van der Waals surface area contributed by atoms with Crippen LogP contribution >= 0.6 is 11.3 Å². The maximum Gasteiger partial charge on any atom is 0.0954 e. The van der Waals surface area contributed by atoms with Crippen molar-refractivity contribution < 1.29 is 0 Å². The Morgan fingerprint density at radius 2 is 2.19 bits per heavy atom. The first-order valence-corrected chi connectivity index (χ1v) is 7.20. The van der Waals surface area contributed by atoms with Crippen LogP contribution < -0.4 is 5.32 Å². The molecule has 2 nitrogen and oxygen atoms in total. The molecule has 1 N–H and O–H groups in total. The largest absolute Gasteiger partial charge is 0.309 e. The summed E-state index contributed by atoms with van der Waals surface area (Å²) in [6, 6.07) is 0.636. The molecule has 1 aliphatic rings. The highest BCUT2D eigenvalue weighted by Gasteiger charge is 2.23. The molecule has 1 heterocycles. The smallest absolute Gasteiger partial charge is 0.0954 e. The Bertz CT molecular complexity index is 328. The highest BCUT2D eigenvalue weighted by atomic mass is 32.1. The second-order valence-corrected chi connectivity index (χ2v) is 6.18. The summed E-state index contributed by atoms with van der Waals surface area (Å²) >= 11 is 1.78. The van der Waals surface area contributed by atoms with Gasteiger partial charge in [-0.3, -0.25) is 0 Å². The van der Waals surface area contributed by atoms with Crippen molar-refractivity contribution in [3.8, 4) is 0 Å². The Hall–Kier alpha value is -0.410. The van der Waals surface area contributed by atoms with Crippen molar-refractivity contribution in [2.45, 2.75) is 58.5 Å².